The number of benzene rings is 2. The zero-order valence-corrected chi connectivity index (χ0v) is 14.1. The Morgan fingerprint density at radius 3 is 2.46 bits per heavy atom. The van der Waals surface area contributed by atoms with E-state index in [1.165, 1.54) is 18.3 Å². The Kier molecular flexibility index (Phi) is 5.76. The van der Waals surface area contributed by atoms with E-state index in [0.29, 0.717) is 30.6 Å². The maximum absolute atomic E-state index is 12.9. The van der Waals surface area contributed by atoms with Crippen molar-refractivity contribution in [1.29, 1.82) is 0 Å². The van der Waals surface area contributed by atoms with Gasteiger partial charge in [0.1, 0.15) is 23.9 Å². The Bertz CT molecular complexity index is 828. The third-order valence-electron chi connectivity index (χ3n) is 3.39. The van der Waals surface area contributed by atoms with Crippen LogP contribution < -0.4 is 20.1 Å². The van der Waals surface area contributed by atoms with Crippen molar-refractivity contribution < 1.29 is 13.9 Å². The molecule has 134 valence electrons. The van der Waals surface area contributed by atoms with Crippen LogP contribution in [0.2, 0.25) is 0 Å². The quantitative estimate of drug-likeness (QED) is 0.600. The summed E-state index contributed by atoms with van der Waals surface area (Å²) < 4.78 is 23.6. The lowest BCUT2D eigenvalue weighted by Crippen LogP contribution is -2.14. The van der Waals surface area contributed by atoms with Gasteiger partial charge in [0.05, 0.1) is 19.9 Å². The van der Waals surface area contributed by atoms with Crippen LogP contribution in [0.4, 0.5) is 21.8 Å². The zero-order valence-electron chi connectivity index (χ0n) is 14.1. The zero-order chi connectivity index (χ0) is 18.2. The average Bonchev–Trinajstić information content (AvgIpc) is 2.68. The van der Waals surface area contributed by atoms with Gasteiger partial charge in [-0.1, -0.05) is 0 Å². The van der Waals surface area contributed by atoms with Gasteiger partial charge >= 0.3 is 0 Å². The lowest BCUT2D eigenvalue weighted by atomic mass is 10.3. The summed E-state index contributed by atoms with van der Waals surface area (Å²) in [6.07, 6.45) is 1.49. The summed E-state index contributed by atoms with van der Waals surface area (Å²) in [6, 6.07) is 13.3. The monoisotopic (exact) mass is 355 g/mol. The standard InChI is InChI=1S/C18H18FN5O2/c1-25-15-6-8-16(9-7-15)26-11-10-20-18-23-17(12-21-24-18)22-14-4-2-13(19)3-5-14/h2-9,12H,10-11H2,1H3,(H2,20,22,23,24). The summed E-state index contributed by atoms with van der Waals surface area (Å²) in [5, 5.41) is 13.9. The van der Waals surface area contributed by atoms with E-state index in [1.54, 1.807) is 19.2 Å². The molecule has 3 rings (SSSR count). The van der Waals surface area contributed by atoms with E-state index >= 15 is 0 Å². The van der Waals surface area contributed by atoms with Crippen LogP contribution >= 0.6 is 0 Å². The van der Waals surface area contributed by atoms with Crippen LogP contribution in [-0.2, 0) is 0 Å². The highest BCUT2D eigenvalue weighted by atomic mass is 19.1. The van der Waals surface area contributed by atoms with E-state index in [4.69, 9.17) is 9.47 Å². The molecule has 8 heteroatoms. The first kappa shape index (κ1) is 17.4. The van der Waals surface area contributed by atoms with Gasteiger partial charge in [0, 0.05) is 5.69 Å². The largest absolute Gasteiger partial charge is 0.497 e. The molecule has 0 saturated carbocycles. The molecule has 0 amide bonds. The van der Waals surface area contributed by atoms with Crippen molar-refractivity contribution in [3.63, 3.8) is 0 Å². The minimum Gasteiger partial charge on any atom is -0.497 e. The van der Waals surface area contributed by atoms with Crippen LogP contribution in [0.5, 0.6) is 11.5 Å². The molecule has 0 fully saturated rings. The van der Waals surface area contributed by atoms with E-state index in [9.17, 15) is 4.39 Å². The molecule has 1 aromatic heterocycles. The molecule has 3 aromatic rings. The highest BCUT2D eigenvalue weighted by Gasteiger charge is 2.02. The summed E-state index contributed by atoms with van der Waals surface area (Å²) >= 11 is 0. The van der Waals surface area contributed by atoms with Gasteiger partial charge in [-0.05, 0) is 48.5 Å². The maximum Gasteiger partial charge on any atom is 0.244 e. The summed E-state index contributed by atoms with van der Waals surface area (Å²) in [4.78, 5) is 4.30. The van der Waals surface area contributed by atoms with Crippen molar-refractivity contribution in [3.8, 4) is 11.5 Å². The van der Waals surface area contributed by atoms with Gasteiger partial charge in [0.25, 0.3) is 0 Å². The molecule has 1 heterocycles. The first-order chi connectivity index (χ1) is 12.7. The normalized spacial score (nSPS) is 10.2. The first-order valence-corrected chi connectivity index (χ1v) is 7.96. The predicted molar refractivity (Wildman–Crippen MR) is 96.5 cm³/mol. The third kappa shape index (κ3) is 5.04. The molecule has 0 bridgehead atoms. The molecule has 0 aliphatic heterocycles. The fourth-order valence-corrected chi connectivity index (χ4v) is 2.12. The first-order valence-electron chi connectivity index (χ1n) is 7.96. The molecule has 2 aromatic carbocycles. The number of ether oxygens (including phenoxy) is 2. The molecule has 7 nitrogen and oxygen atoms in total. The minimum atomic E-state index is -0.296. The number of rotatable bonds is 8. The van der Waals surface area contributed by atoms with Gasteiger partial charge in [-0.15, -0.1) is 5.10 Å². The number of nitrogens with one attached hydrogen (secondary N) is 2. The van der Waals surface area contributed by atoms with Crippen molar-refractivity contribution >= 4 is 17.5 Å². The lowest BCUT2D eigenvalue weighted by Gasteiger charge is -2.09. The number of methoxy groups -OCH3 is 1. The van der Waals surface area contributed by atoms with Gasteiger partial charge in [-0.2, -0.15) is 10.1 Å². The van der Waals surface area contributed by atoms with E-state index in [-0.39, 0.29) is 5.82 Å². The van der Waals surface area contributed by atoms with E-state index < -0.39 is 0 Å². The van der Waals surface area contributed by atoms with Crippen LogP contribution in [0.25, 0.3) is 0 Å². The maximum atomic E-state index is 12.9. The number of hydrogen-bond acceptors (Lipinski definition) is 7. The van der Waals surface area contributed by atoms with Crippen LogP contribution in [0, 0.1) is 5.82 Å². The van der Waals surface area contributed by atoms with Crippen molar-refractivity contribution in [2.75, 3.05) is 30.9 Å². The molecule has 0 aliphatic carbocycles. The van der Waals surface area contributed by atoms with E-state index in [0.717, 1.165) is 11.5 Å². The van der Waals surface area contributed by atoms with Crippen molar-refractivity contribution in [3.05, 3.63) is 60.5 Å². The van der Waals surface area contributed by atoms with Crippen molar-refractivity contribution in [2.45, 2.75) is 0 Å². The smallest absolute Gasteiger partial charge is 0.244 e. The second-order valence-electron chi connectivity index (χ2n) is 5.25. The molecule has 0 saturated heterocycles. The molecular weight excluding hydrogens is 337 g/mol. The molecular formula is C18H18FN5O2. The molecule has 0 spiro atoms. The minimum absolute atomic E-state index is 0.296. The average molecular weight is 355 g/mol. The molecule has 26 heavy (non-hydrogen) atoms. The Hall–Kier alpha value is -3.42. The fourth-order valence-electron chi connectivity index (χ4n) is 2.12. The fraction of sp³-hybridized carbons (Fsp3) is 0.167. The summed E-state index contributed by atoms with van der Waals surface area (Å²) in [5.41, 5.74) is 0.709. The Balaban J connectivity index is 1.48. The Labute approximate surface area is 150 Å². The van der Waals surface area contributed by atoms with E-state index in [1.807, 2.05) is 24.3 Å². The summed E-state index contributed by atoms with van der Waals surface area (Å²) in [6.45, 7) is 0.943. The lowest BCUT2D eigenvalue weighted by molar-refractivity contribution is 0.331. The van der Waals surface area contributed by atoms with Gasteiger partial charge in [0.15, 0.2) is 5.82 Å². The van der Waals surface area contributed by atoms with Crippen LogP contribution in [0.3, 0.4) is 0 Å². The van der Waals surface area contributed by atoms with Crippen LogP contribution in [0.15, 0.2) is 54.7 Å². The van der Waals surface area contributed by atoms with Crippen LogP contribution in [-0.4, -0.2) is 35.4 Å². The molecule has 0 radical (unpaired) electrons. The number of aromatic nitrogens is 3. The van der Waals surface area contributed by atoms with Crippen LogP contribution in [0.1, 0.15) is 0 Å². The molecule has 0 unspecified atom stereocenters. The van der Waals surface area contributed by atoms with Gasteiger partial charge in [-0.25, -0.2) is 4.39 Å². The highest BCUT2D eigenvalue weighted by Crippen LogP contribution is 2.17. The van der Waals surface area contributed by atoms with Gasteiger partial charge in [0.2, 0.25) is 5.95 Å². The van der Waals surface area contributed by atoms with Gasteiger partial charge in [-0.3, -0.25) is 0 Å². The van der Waals surface area contributed by atoms with Crippen molar-refractivity contribution in [1.82, 2.24) is 15.2 Å². The Morgan fingerprint density at radius 2 is 1.73 bits per heavy atom. The highest BCUT2D eigenvalue weighted by molar-refractivity contribution is 5.55. The number of anilines is 3. The molecule has 0 atom stereocenters. The molecule has 0 aliphatic rings. The second kappa shape index (κ2) is 8.61. The van der Waals surface area contributed by atoms with Crippen molar-refractivity contribution in [2.24, 2.45) is 0 Å². The number of hydrogen-bond donors (Lipinski definition) is 2. The van der Waals surface area contributed by atoms with E-state index in [2.05, 4.69) is 25.8 Å². The number of halogens is 1. The predicted octanol–water partition coefficient (Wildman–Crippen LogP) is 3.25. The SMILES string of the molecule is COc1ccc(OCCNc2nncc(Nc3ccc(F)cc3)n2)cc1. The third-order valence-corrected chi connectivity index (χ3v) is 3.39. The second-order valence-corrected chi connectivity index (χ2v) is 5.25. The molecule has 2 N–H and O–H groups in total. The Morgan fingerprint density at radius 1 is 1.00 bits per heavy atom. The summed E-state index contributed by atoms with van der Waals surface area (Å²) in [5.74, 6) is 2.11. The number of nitrogens with zero attached hydrogens (tertiary/aromatic N) is 3. The van der Waals surface area contributed by atoms with Gasteiger partial charge < -0.3 is 20.1 Å². The topological polar surface area (TPSA) is 81.2 Å². The summed E-state index contributed by atoms with van der Waals surface area (Å²) in [7, 11) is 1.62.